The Hall–Kier alpha value is -2.02. The van der Waals surface area contributed by atoms with Gasteiger partial charge in [0, 0.05) is 12.7 Å². The molecule has 2 aromatic heterocycles. The Morgan fingerprint density at radius 2 is 2.03 bits per heavy atom. The number of hydrogen-bond acceptors (Lipinski definition) is 5. The first-order chi connectivity index (χ1) is 13.2. The number of ether oxygens (including phenoxy) is 1. The van der Waals surface area contributed by atoms with Crippen LogP contribution >= 0.6 is 24.0 Å². The molecule has 3 N–H and O–H groups in total. The van der Waals surface area contributed by atoms with E-state index in [9.17, 15) is 18.3 Å². The number of hydrogen-bond donors (Lipinski definition) is 3. The van der Waals surface area contributed by atoms with Crippen LogP contribution in [0.15, 0.2) is 46.1 Å². The molecule has 0 bridgehead atoms. The molecule has 0 saturated heterocycles. The van der Waals surface area contributed by atoms with E-state index in [0.29, 0.717) is 18.3 Å². The number of aromatic nitrogens is 1. The summed E-state index contributed by atoms with van der Waals surface area (Å²) in [7, 11) is 0. The van der Waals surface area contributed by atoms with E-state index in [1.165, 1.54) is 18.5 Å². The molecule has 0 aromatic carbocycles. The lowest BCUT2D eigenvalue weighted by atomic mass is 10.0. The van der Waals surface area contributed by atoms with E-state index in [-0.39, 0.29) is 43.7 Å². The molecule has 1 atom stereocenters. The molecule has 0 aliphatic carbocycles. The molecule has 1 unspecified atom stereocenters. The number of aliphatic hydroxyl groups is 1. The molecule has 11 heteroatoms. The number of pyridine rings is 1. The van der Waals surface area contributed by atoms with E-state index in [0.717, 1.165) is 6.07 Å². The van der Waals surface area contributed by atoms with Crippen molar-refractivity contribution in [3.63, 3.8) is 0 Å². The number of furan rings is 1. The molecule has 162 valence electrons. The third kappa shape index (κ3) is 7.72. The number of halogens is 4. The van der Waals surface area contributed by atoms with E-state index in [1.54, 1.807) is 19.1 Å². The molecule has 2 heterocycles. The third-order valence-electron chi connectivity index (χ3n) is 3.65. The van der Waals surface area contributed by atoms with Crippen LogP contribution in [0.3, 0.4) is 0 Å². The van der Waals surface area contributed by atoms with Crippen LogP contribution in [0.25, 0.3) is 0 Å². The van der Waals surface area contributed by atoms with Crippen LogP contribution in [-0.4, -0.2) is 42.3 Å². The summed E-state index contributed by atoms with van der Waals surface area (Å²) in [6, 6.07) is 5.43. The Morgan fingerprint density at radius 1 is 1.28 bits per heavy atom. The average Bonchev–Trinajstić information content (AvgIpc) is 3.18. The van der Waals surface area contributed by atoms with Crippen molar-refractivity contribution in [2.24, 2.45) is 4.99 Å². The summed E-state index contributed by atoms with van der Waals surface area (Å²) in [4.78, 5) is 7.91. The minimum absolute atomic E-state index is 0. The van der Waals surface area contributed by atoms with Crippen molar-refractivity contribution < 1.29 is 27.4 Å². The highest BCUT2D eigenvalue weighted by molar-refractivity contribution is 14.0. The third-order valence-corrected chi connectivity index (χ3v) is 3.65. The quantitative estimate of drug-likeness (QED) is 0.211. The van der Waals surface area contributed by atoms with Crippen molar-refractivity contribution in [2.45, 2.75) is 25.6 Å². The predicted octanol–water partition coefficient (Wildman–Crippen LogP) is 3.15. The Labute approximate surface area is 183 Å². The van der Waals surface area contributed by atoms with Crippen LogP contribution in [0.2, 0.25) is 0 Å². The fourth-order valence-corrected chi connectivity index (χ4v) is 2.28. The van der Waals surface area contributed by atoms with Gasteiger partial charge in [0.1, 0.15) is 23.5 Å². The minimum atomic E-state index is -4.54. The Bertz CT molecular complexity index is 768. The van der Waals surface area contributed by atoms with Crippen LogP contribution < -0.4 is 15.4 Å². The van der Waals surface area contributed by atoms with Crippen LogP contribution in [0, 0.1) is 0 Å². The molecule has 0 spiro atoms. The smallest absolute Gasteiger partial charge is 0.421 e. The zero-order chi connectivity index (χ0) is 20.6. The van der Waals surface area contributed by atoms with Gasteiger partial charge in [-0.05, 0) is 38.1 Å². The lowest BCUT2D eigenvalue weighted by molar-refractivity contribution is -0.139. The molecular weight excluding hydrogens is 504 g/mol. The molecule has 7 nitrogen and oxygen atoms in total. The highest BCUT2D eigenvalue weighted by atomic mass is 127. The summed E-state index contributed by atoms with van der Waals surface area (Å²) in [6.07, 6.45) is -1.84. The summed E-state index contributed by atoms with van der Waals surface area (Å²) < 4.78 is 49.1. The zero-order valence-electron chi connectivity index (χ0n) is 16.0. The Balaban J connectivity index is 0.00000420. The van der Waals surface area contributed by atoms with Gasteiger partial charge in [0.15, 0.2) is 5.96 Å². The number of aliphatic imine (C=N–C) groups is 1. The van der Waals surface area contributed by atoms with E-state index in [1.807, 2.05) is 6.92 Å². The lowest BCUT2D eigenvalue weighted by Crippen LogP contribution is -2.40. The largest absolute Gasteiger partial charge is 0.475 e. The van der Waals surface area contributed by atoms with Gasteiger partial charge in [-0.1, -0.05) is 0 Å². The number of nitrogens with one attached hydrogen (secondary N) is 2. The summed E-state index contributed by atoms with van der Waals surface area (Å²) in [5.41, 5.74) is -2.22. The van der Waals surface area contributed by atoms with Crippen LogP contribution in [0.1, 0.15) is 25.2 Å². The van der Waals surface area contributed by atoms with Gasteiger partial charge in [-0.15, -0.1) is 24.0 Å². The second-order valence-electron chi connectivity index (χ2n) is 6.08. The molecule has 0 aliphatic heterocycles. The zero-order valence-corrected chi connectivity index (χ0v) is 18.3. The fourth-order valence-electron chi connectivity index (χ4n) is 2.28. The number of nitrogens with zero attached hydrogens (tertiary/aromatic N) is 2. The van der Waals surface area contributed by atoms with Gasteiger partial charge >= 0.3 is 6.18 Å². The molecule has 0 amide bonds. The number of alkyl halides is 3. The average molecular weight is 528 g/mol. The summed E-state index contributed by atoms with van der Waals surface area (Å²) >= 11 is 0. The lowest BCUT2D eigenvalue weighted by Gasteiger charge is -2.19. The predicted molar refractivity (Wildman–Crippen MR) is 112 cm³/mol. The van der Waals surface area contributed by atoms with Crippen molar-refractivity contribution in [1.29, 1.82) is 0 Å². The topological polar surface area (TPSA) is 91.9 Å². The van der Waals surface area contributed by atoms with Crippen molar-refractivity contribution in [1.82, 2.24) is 15.6 Å². The van der Waals surface area contributed by atoms with Crippen molar-refractivity contribution in [3.8, 4) is 5.88 Å². The molecule has 0 saturated carbocycles. The molecule has 0 radical (unpaired) electrons. The van der Waals surface area contributed by atoms with Gasteiger partial charge in [-0.2, -0.15) is 13.2 Å². The van der Waals surface area contributed by atoms with Crippen molar-refractivity contribution in [3.05, 3.63) is 48.0 Å². The van der Waals surface area contributed by atoms with Gasteiger partial charge in [-0.3, -0.25) is 0 Å². The van der Waals surface area contributed by atoms with Gasteiger partial charge in [0.2, 0.25) is 5.88 Å². The number of guanidine groups is 1. The normalized spacial score (nSPS) is 13.9. The molecule has 0 aliphatic rings. The summed E-state index contributed by atoms with van der Waals surface area (Å²) in [5, 5.41) is 16.3. The second-order valence-corrected chi connectivity index (χ2v) is 6.08. The first-order valence-corrected chi connectivity index (χ1v) is 8.67. The standard InChI is InChI=1S/C18H23F3N4O3.HI/c1-3-22-16(25-12-17(2,26)14-7-5-10-27-14)24-9-11-28-15-13(18(19,20)21)6-4-8-23-15;/h4-8,10,26H,3,9,11-12H2,1-2H3,(H2,22,24,25);1H. The Morgan fingerprint density at radius 3 is 2.66 bits per heavy atom. The minimum Gasteiger partial charge on any atom is -0.475 e. The van der Waals surface area contributed by atoms with E-state index in [4.69, 9.17) is 9.15 Å². The molecule has 29 heavy (non-hydrogen) atoms. The SMILES string of the molecule is CCNC(=NCC(C)(O)c1ccco1)NCCOc1ncccc1C(F)(F)F.I. The molecule has 2 aromatic rings. The van der Waals surface area contributed by atoms with Gasteiger partial charge < -0.3 is 24.9 Å². The van der Waals surface area contributed by atoms with Crippen molar-refractivity contribution >= 4 is 29.9 Å². The maximum absolute atomic E-state index is 12.9. The Kier molecular flexibility index (Phi) is 9.70. The summed E-state index contributed by atoms with van der Waals surface area (Å²) in [6.45, 7) is 4.15. The van der Waals surface area contributed by atoms with Crippen LogP contribution in [0.4, 0.5) is 13.2 Å². The number of rotatable bonds is 8. The van der Waals surface area contributed by atoms with Gasteiger partial charge in [0.05, 0.1) is 19.4 Å². The van der Waals surface area contributed by atoms with Crippen LogP contribution in [-0.2, 0) is 11.8 Å². The molecule has 2 rings (SSSR count). The molecule has 0 fully saturated rings. The van der Waals surface area contributed by atoms with Gasteiger partial charge in [0.25, 0.3) is 0 Å². The first-order valence-electron chi connectivity index (χ1n) is 8.67. The monoisotopic (exact) mass is 528 g/mol. The van der Waals surface area contributed by atoms with E-state index < -0.39 is 23.2 Å². The highest BCUT2D eigenvalue weighted by Crippen LogP contribution is 2.34. The second kappa shape index (κ2) is 11.2. The molecular formula is C18H24F3IN4O3. The maximum Gasteiger partial charge on any atom is 0.421 e. The van der Waals surface area contributed by atoms with Crippen molar-refractivity contribution in [2.75, 3.05) is 26.2 Å². The summed E-state index contributed by atoms with van der Waals surface area (Å²) in [5.74, 6) is 0.291. The maximum atomic E-state index is 12.9. The highest BCUT2D eigenvalue weighted by Gasteiger charge is 2.35. The van der Waals surface area contributed by atoms with E-state index in [2.05, 4.69) is 20.6 Å². The first kappa shape index (κ1) is 25.0. The van der Waals surface area contributed by atoms with E-state index >= 15 is 0 Å². The fraction of sp³-hybridized carbons (Fsp3) is 0.444. The van der Waals surface area contributed by atoms with Crippen LogP contribution in [0.5, 0.6) is 5.88 Å². The van der Waals surface area contributed by atoms with Gasteiger partial charge in [-0.25, -0.2) is 9.98 Å².